The van der Waals surface area contributed by atoms with Crippen molar-refractivity contribution in [3.63, 3.8) is 0 Å². The maximum Gasteiger partial charge on any atom is 0.446 e. The third kappa shape index (κ3) is 7.46. The largest absolute Gasteiger partial charge is 0.497 e. The summed E-state index contributed by atoms with van der Waals surface area (Å²) in [4.78, 5) is 21.7. The van der Waals surface area contributed by atoms with Crippen LogP contribution < -0.4 is 14.5 Å². The zero-order chi connectivity index (χ0) is 25.5. The number of carbonyl (C=O) groups is 1. The van der Waals surface area contributed by atoms with Gasteiger partial charge in [-0.05, 0) is 73.3 Å². The lowest BCUT2D eigenvalue weighted by molar-refractivity contribution is -0.131. The second-order valence-corrected chi connectivity index (χ2v) is 10.2. The number of methoxy groups -OCH3 is 1. The second kappa shape index (κ2) is 12.1. The van der Waals surface area contributed by atoms with E-state index in [2.05, 4.69) is 26.8 Å². The van der Waals surface area contributed by atoms with Crippen molar-refractivity contribution in [3.8, 4) is 5.75 Å². The lowest BCUT2D eigenvalue weighted by Gasteiger charge is -2.37. The van der Waals surface area contributed by atoms with E-state index in [1.807, 2.05) is 17.0 Å². The maximum absolute atomic E-state index is 12.7. The quantitative estimate of drug-likeness (QED) is 0.474. The number of halogens is 3. The Morgan fingerprint density at radius 1 is 0.833 bits per heavy atom. The first-order valence-corrected chi connectivity index (χ1v) is 13.1. The molecule has 2 heterocycles. The number of alkyl halides is 3. The molecule has 2 aliphatic rings. The van der Waals surface area contributed by atoms with Crippen LogP contribution in [-0.2, 0) is 4.79 Å². The van der Waals surface area contributed by atoms with Crippen LogP contribution in [-0.4, -0.2) is 87.2 Å². The Hall–Kier alpha value is -2.59. The molecule has 2 aromatic rings. The average Bonchev–Trinajstić information content (AvgIpc) is 2.89. The van der Waals surface area contributed by atoms with Gasteiger partial charge in [0.05, 0.1) is 7.11 Å². The van der Waals surface area contributed by atoms with Gasteiger partial charge in [-0.2, -0.15) is 13.2 Å². The topological polar surface area (TPSA) is 39.3 Å². The van der Waals surface area contributed by atoms with Crippen LogP contribution in [0.2, 0.25) is 0 Å². The molecule has 0 spiro atoms. The number of ether oxygens (including phenoxy) is 1. The lowest BCUT2D eigenvalue weighted by Crippen LogP contribution is -2.49. The van der Waals surface area contributed by atoms with E-state index in [1.54, 1.807) is 19.2 Å². The zero-order valence-corrected chi connectivity index (χ0v) is 21.4. The van der Waals surface area contributed by atoms with Gasteiger partial charge in [-0.25, -0.2) is 0 Å². The van der Waals surface area contributed by atoms with E-state index < -0.39 is 5.51 Å². The van der Waals surface area contributed by atoms with Crippen LogP contribution in [0.4, 0.5) is 24.5 Å². The van der Waals surface area contributed by atoms with E-state index in [0.717, 1.165) is 50.6 Å². The Morgan fingerprint density at radius 3 is 1.89 bits per heavy atom. The number of amides is 1. The Labute approximate surface area is 215 Å². The Bertz CT molecular complexity index is 972. The number of thioether (sulfide) groups is 1. The number of carbonyl (C=O) groups excluding carboxylic acids is 1. The highest BCUT2D eigenvalue weighted by Crippen LogP contribution is 2.37. The van der Waals surface area contributed by atoms with Crippen LogP contribution >= 0.6 is 11.8 Å². The molecule has 0 aromatic heterocycles. The van der Waals surface area contributed by atoms with Crippen LogP contribution in [0.5, 0.6) is 5.75 Å². The SMILES string of the molecule is COc1ccc(N2CCN(CCCC(=O)N3CCN(c4ccc(SC(F)(F)F)cc4)CC3)CC2)cc1. The molecule has 0 bridgehead atoms. The number of nitrogens with zero attached hydrogens (tertiary/aromatic N) is 4. The van der Waals surface area contributed by atoms with E-state index in [1.165, 1.54) is 17.8 Å². The van der Waals surface area contributed by atoms with Crippen LogP contribution in [0.15, 0.2) is 53.4 Å². The van der Waals surface area contributed by atoms with Crippen LogP contribution in [0, 0.1) is 0 Å². The molecular weight excluding hydrogens is 489 g/mol. The molecule has 0 aliphatic carbocycles. The van der Waals surface area contributed by atoms with Crippen LogP contribution in [0.3, 0.4) is 0 Å². The number of piperazine rings is 2. The van der Waals surface area contributed by atoms with Crippen LogP contribution in [0.1, 0.15) is 12.8 Å². The number of anilines is 2. The van der Waals surface area contributed by atoms with Crippen molar-refractivity contribution in [3.05, 3.63) is 48.5 Å². The van der Waals surface area contributed by atoms with Gasteiger partial charge in [0.1, 0.15) is 5.75 Å². The minimum Gasteiger partial charge on any atom is -0.497 e. The summed E-state index contributed by atoms with van der Waals surface area (Å²) in [6.07, 6.45) is 1.39. The third-order valence-corrected chi connectivity index (χ3v) is 7.48. The molecule has 0 radical (unpaired) electrons. The fourth-order valence-electron chi connectivity index (χ4n) is 4.71. The summed E-state index contributed by atoms with van der Waals surface area (Å²) in [6.45, 7) is 7.48. The van der Waals surface area contributed by atoms with Crippen molar-refractivity contribution >= 4 is 29.0 Å². The number of benzene rings is 2. The molecule has 6 nitrogen and oxygen atoms in total. The van der Waals surface area contributed by atoms with Crippen molar-refractivity contribution in [2.24, 2.45) is 0 Å². The lowest BCUT2D eigenvalue weighted by atomic mass is 10.2. The molecule has 2 aliphatic heterocycles. The molecule has 2 aromatic carbocycles. The molecule has 36 heavy (non-hydrogen) atoms. The molecular formula is C26H33F3N4O2S. The third-order valence-electron chi connectivity index (χ3n) is 6.74. The monoisotopic (exact) mass is 522 g/mol. The van der Waals surface area contributed by atoms with Gasteiger partial charge in [0, 0.05) is 75.0 Å². The van der Waals surface area contributed by atoms with E-state index in [9.17, 15) is 18.0 Å². The Morgan fingerprint density at radius 2 is 1.36 bits per heavy atom. The van der Waals surface area contributed by atoms with Gasteiger partial charge in [0.2, 0.25) is 5.91 Å². The zero-order valence-electron chi connectivity index (χ0n) is 20.5. The summed E-state index contributed by atoms with van der Waals surface area (Å²) in [5, 5.41) is 0. The summed E-state index contributed by atoms with van der Waals surface area (Å²) in [7, 11) is 1.67. The molecule has 0 atom stereocenters. The molecule has 0 unspecified atom stereocenters. The fourth-order valence-corrected chi connectivity index (χ4v) is 5.25. The normalized spacial score (nSPS) is 17.4. The highest BCUT2D eigenvalue weighted by atomic mass is 32.2. The van der Waals surface area contributed by atoms with Crippen molar-refractivity contribution in [1.82, 2.24) is 9.80 Å². The molecule has 196 valence electrons. The summed E-state index contributed by atoms with van der Waals surface area (Å²) >= 11 is -0.103. The number of hydrogen-bond donors (Lipinski definition) is 0. The predicted octanol–water partition coefficient (Wildman–Crippen LogP) is 4.56. The first kappa shape index (κ1) is 26.5. The van der Waals surface area contributed by atoms with Gasteiger partial charge in [-0.1, -0.05) is 0 Å². The highest BCUT2D eigenvalue weighted by Gasteiger charge is 2.29. The van der Waals surface area contributed by atoms with Gasteiger partial charge in [0.25, 0.3) is 0 Å². The molecule has 10 heteroatoms. The number of rotatable bonds is 8. The molecule has 0 saturated carbocycles. The van der Waals surface area contributed by atoms with Gasteiger partial charge in [-0.3, -0.25) is 9.69 Å². The molecule has 2 saturated heterocycles. The predicted molar refractivity (Wildman–Crippen MR) is 138 cm³/mol. The fraction of sp³-hybridized carbons (Fsp3) is 0.500. The average molecular weight is 523 g/mol. The second-order valence-electron chi connectivity index (χ2n) is 9.04. The van der Waals surface area contributed by atoms with Gasteiger partial charge < -0.3 is 19.4 Å². The minimum atomic E-state index is -4.28. The van der Waals surface area contributed by atoms with Crippen molar-refractivity contribution < 1.29 is 22.7 Å². The van der Waals surface area contributed by atoms with Crippen molar-refractivity contribution in [1.29, 1.82) is 0 Å². The minimum absolute atomic E-state index is 0.103. The first-order valence-electron chi connectivity index (χ1n) is 12.3. The highest BCUT2D eigenvalue weighted by molar-refractivity contribution is 8.00. The van der Waals surface area contributed by atoms with Gasteiger partial charge in [0.15, 0.2) is 0 Å². The first-order chi connectivity index (χ1) is 17.3. The van der Waals surface area contributed by atoms with Crippen molar-refractivity contribution in [2.75, 3.05) is 75.8 Å². The Balaban J connectivity index is 1.13. The molecule has 2 fully saturated rings. The van der Waals surface area contributed by atoms with Crippen LogP contribution in [0.25, 0.3) is 0 Å². The van der Waals surface area contributed by atoms with E-state index in [4.69, 9.17) is 4.74 Å². The van der Waals surface area contributed by atoms with E-state index in [-0.39, 0.29) is 22.6 Å². The molecule has 1 amide bonds. The number of hydrogen-bond acceptors (Lipinski definition) is 6. The summed E-state index contributed by atoms with van der Waals surface area (Å²) < 4.78 is 42.8. The smallest absolute Gasteiger partial charge is 0.446 e. The summed E-state index contributed by atoms with van der Waals surface area (Å²) in [5.74, 6) is 1.05. The van der Waals surface area contributed by atoms with Crippen molar-refractivity contribution in [2.45, 2.75) is 23.2 Å². The van der Waals surface area contributed by atoms with Gasteiger partial charge in [-0.15, -0.1) is 0 Å². The molecule has 0 N–H and O–H groups in total. The maximum atomic E-state index is 12.7. The molecule has 4 rings (SSSR count). The van der Waals surface area contributed by atoms with E-state index in [0.29, 0.717) is 32.6 Å². The van der Waals surface area contributed by atoms with Gasteiger partial charge >= 0.3 is 5.51 Å². The standard InChI is InChI=1S/C26H33F3N4O2S/c1-35-23-8-4-21(5-9-23)31-15-13-30(14-16-31)12-2-3-25(34)33-19-17-32(18-20-33)22-6-10-24(11-7-22)36-26(27,28)29/h4-11H,2-3,12-20H2,1H3. The van der Waals surface area contributed by atoms with E-state index >= 15 is 0 Å². The summed E-state index contributed by atoms with van der Waals surface area (Å²) in [6, 6.07) is 14.6. The Kier molecular flexibility index (Phi) is 8.90. The summed E-state index contributed by atoms with van der Waals surface area (Å²) in [5.41, 5.74) is -2.18.